The minimum Gasteiger partial charge on any atom is -0.381 e. The van der Waals surface area contributed by atoms with Crippen LogP contribution in [-0.2, 0) is 9.53 Å². The quantitative estimate of drug-likeness (QED) is 0.819. The molecule has 4 nitrogen and oxygen atoms in total. The number of benzene rings is 1. The molecule has 4 heteroatoms. The van der Waals surface area contributed by atoms with Crippen LogP contribution in [0.2, 0.25) is 0 Å². The molecule has 0 aliphatic carbocycles. The van der Waals surface area contributed by atoms with Gasteiger partial charge in [-0.25, -0.2) is 0 Å². The van der Waals surface area contributed by atoms with Crippen LogP contribution >= 0.6 is 0 Å². The van der Waals surface area contributed by atoms with Gasteiger partial charge in [0.05, 0.1) is 5.52 Å². The first kappa shape index (κ1) is 14.4. The van der Waals surface area contributed by atoms with E-state index in [1.807, 2.05) is 41.3 Å². The summed E-state index contributed by atoms with van der Waals surface area (Å²) in [5.41, 5.74) is 1.98. The highest BCUT2D eigenvalue weighted by Gasteiger charge is 2.36. The molecular formula is C19H20N2O2. The Morgan fingerprint density at radius 3 is 2.91 bits per heavy atom. The summed E-state index contributed by atoms with van der Waals surface area (Å²) in [5.74, 6) is 1.37. The summed E-state index contributed by atoms with van der Waals surface area (Å²) >= 11 is 0. The molecule has 1 aromatic carbocycles. The molecule has 2 aromatic rings. The Bertz CT molecular complexity index is 739. The van der Waals surface area contributed by atoms with E-state index in [2.05, 4.69) is 4.98 Å². The molecule has 2 aliphatic rings. The number of amides is 1. The predicted molar refractivity (Wildman–Crippen MR) is 89.8 cm³/mol. The zero-order chi connectivity index (χ0) is 15.6. The van der Waals surface area contributed by atoms with Crippen molar-refractivity contribution in [3.8, 4) is 0 Å². The highest BCUT2D eigenvalue weighted by Crippen LogP contribution is 2.30. The molecule has 1 atom stereocenters. The zero-order valence-electron chi connectivity index (χ0n) is 13.0. The summed E-state index contributed by atoms with van der Waals surface area (Å²) < 4.78 is 5.43. The fraction of sp³-hybridized carbons (Fsp3) is 0.368. The summed E-state index contributed by atoms with van der Waals surface area (Å²) in [4.78, 5) is 18.6. The number of nitrogens with zero attached hydrogens (tertiary/aromatic N) is 2. The molecule has 0 bridgehead atoms. The maximum absolute atomic E-state index is 12.3. The highest BCUT2D eigenvalue weighted by molar-refractivity contribution is 5.96. The van der Waals surface area contributed by atoms with Crippen molar-refractivity contribution in [1.82, 2.24) is 9.88 Å². The molecule has 118 valence electrons. The zero-order valence-corrected chi connectivity index (χ0v) is 13.0. The molecule has 2 saturated heterocycles. The molecule has 0 radical (unpaired) electrons. The Morgan fingerprint density at radius 2 is 2.09 bits per heavy atom. The standard InChI is InChI=1S/C19H20N2O2/c22-19(21-11-16(12-21)15-8-10-23-13-15)6-5-14-7-9-20-18-4-2-1-3-17(14)18/h1-7,9,15-16H,8,10-13H2/b6-5+. The maximum atomic E-state index is 12.3. The van der Waals surface area contributed by atoms with Crippen LogP contribution in [0.3, 0.4) is 0 Å². The summed E-state index contributed by atoms with van der Waals surface area (Å²) in [6.45, 7) is 3.48. The Labute approximate surface area is 135 Å². The summed E-state index contributed by atoms with van der Waals surface area (Å²) in [6, 6.07) is 9.93. The molecule has 4 rings (SSSR count). The van der Waals surface area contributed by atoms with E-state index >= 15 is 0 Å². The molecular weight excluding hydrogens is 288 g/mol. The number of aromatic nitrogens is 1. The SMILES string of the molecule is O=C(/C=C/c1ccnc2ccccc12)N1CC(C2CCOC2)C1. The summed E-state index contributed by atoms with van der Waals surface area (Å²) in [7, 11) is 0. The van der Waals surface area contributed by atoms with Crippen molar-refractivity contribution < 1.29 is 9.53 Å². The third kappa shape index (κ3) is 2.86. The second-order valence-electron chi connectivity index (χ2n) is 6.38. The normalized spacial score (nSPS) is 21.9. The highest BCUT2D eigenvalue weighted by atomic mass is 16.5. The first-order valence-electron chi connectivity index (χ1n) is 8.20. The van der Waals surface area contributed by atoms with E-state index in [-0.39, 0.29) is 5.91 Å². The van der Waals surface area contributed by atoms with Gasteiger partial charge in [0.15, 0.2) is 0 Å². The Hall–Kier alpha value is -2.20. The minimum atomic E-state index is 0.0982. The fourth-order valence-corrected chi connectivity index (χ4v) is 3.45. The number of carbonyl (C=O) groups is 1. The van der Waals surface area contributed by atoms with Gasteiger partial charge < -0.3 is 9.64 Å². The number of carbonyl (C=O) groups excluding carboxylic acids is 1. The van der Waals surface area contributed by atoms with E-state index in [4.69, 9.17) is 4.74 Å². The van der Waals surface area contributed by atoms with Gasteiger partial charge in [0, 0.05) is 44.0 Å². The van der Waals surface area contributed by atoms with Crippen molar-refractivity contribution in [2.75, 3.05) is 26.3 Å². The van der Waals surface area contributed by atoms with E-state index in [1.165, 1.54) is 0 Å². The average Bonchev–Trinajstić information content (AvgIpc) is 3.05. The molecule has 1 aromatic heterocycles. The van der Waals surface area contributed by atoms with E-state index in [1.54, 1.807) is 12.3 Å². The number of hydrogen-bond donors (Lipinski definition) is 0. The lowest BCUT2D eigenvalue weighted by molar-refractivity contribution is -0.133. The fourth-order valence-electron chi connectivity index (χ4n) is 3.45. The van der Waals surface area contributed by atoms with Crippen LogP contribution in [0.1, 0.15) is 12.0 Å². The van der Waals surface area contributed by atoms with Crippen molar-refractivity contribution in [2.45, 2.75) is 6.42 Å². The first-order chi connectivity index (χ1) is 11.3. The first-order valence-corrected chi connectivity index (χ1v) is 8.20. The van der Waals surface area contributed by atoms with Crippen molar-refractivity contribution in [2.24, 2.45) is 11.8 Å². The van der Waals surface area contributed by atoms with Crippen LogP contribution in [-0.4, -0.2) is 42.1 Å². The molecule has 1 amide bonds. The third-order valence-corrected chi connectivity index (χ3v) is 4.94. The molecule has 0 N–H and O–H groups in total. The van der Waals surface area contributed by atoms with E-state index in [0.717, 1.165) is 49.2 Å². The van der Waals surface area contributed by atoms with Crippen molar-refractivity contribution in [3.63, 3.8) is 0 Å². The van der Waals surface area contributed by atoms with Crippen molar-refractivity contribution in [3.05, 3.63) is 48.2 Å². The van der Waals surface area contributed by atoms with Gasteiger partial charge in [-0.2, -0.15) is 0 Å². The van der Waals surface area contributed by atoms with Crippen molar-refractivity contribution >= 4 is 22.9 Å². The molecule has 1 unspecified atom stereocenters. The van der Waals surface area contributed by atoms with Gasteiger partial charge in [-0.1, -0.05) is 18.2 Å². The van der Waals surface area contributed by atoms with Crippen LogP contribution in [0.15, 0.2) is 42.6 Å². The topological polar surface area (TPSA) is 42.4 Å². The third-order valence-electron chi connectivity index (χ3n) is 4.94. The van der Waals surface area contributed by atoms with Gasteiger partial charge in [0.25, 0.3) is 0 Å². The van der Waals surface area contributed by atoms with Crippen molar-refractivity contribution in [1.29, 1.82) is 0 Å². The number of pyridine rings is 1. The van der Waals surface area contributed by atoms with Gasteiger partial charge >= 0.3 is 0 Å². The lowest BCUT2D eigenvalue weighted by atomic mass is 9.85. The molecule has 2 aliphatic heterocycles. The lowest BCUT2D eigenvalue weighted by Gasteiger charge is -2.41. The van der Waals surface area contributed by atoms with Crippen LogP contribution in [0.25, 0.3) is 17.0 Å². The average molecular weight is 308 g/mol. The monoisotopic (exact) mass is 308 g/mol. The van der Waals surface area contributed by atoms with Crippen LogP contribution in [0.5, 0.6) is 0 Å². The molecule has 2 fully saturated rings. The van der Waals surface area contributed by atoms with Crippen LogP contribution in [0.4, 0.5) is 0 Å². The molecule has 0 spiro atoms. The van der Waals surface area contributed by atoms with Gasteiger partial charge in [0.1, 0.15) is 0 Å². The van der Waals surface area contributed by atoms with E-state index < -0.39 is 0 Å². The van der Waals surface area contributed by atoms with Gasteiger partial charge in [0.2, 0.25) is 5.91 Å². The number of ether oxygens (including phenoxy) is 1. The maximum Gasteiger partial charge on any atom is 0.246 e. The second kappa shape index (κ2) is 6.13. The molecule has 0 saturated carbocycles. The van der Waals surface area contributed by atoms with Crippen LogP contribution < -0.4 is 0 Å². The Balaban J connectivity index is 1.41. The Kier molecular flexibility index (Phi) is 3.83. The molecule has 23 heavy (non-hydrogen) atoms. The molecule has 3 heterocycles. The second-order valence-corrected chi connectivity index (χ2v) is 6.38. The lowest BCUT2D eigenvalue weighted by Crippen LogP contribution is -2.52. The van der Waals surface area contributed by atoms with E-state index in [9.17, 15) is 4.79 Å². The number of fused-ring (bicyclic) bond motifs is 1. The number of hydrogen-bond acceptors (Lipinski definition) is 3. The van der Waals surface area contributed by atoms with Gasteiger partial charge in [-0.05, 0) is 42.0 Å². The van der Waals surface area contributed by atoms with Gasteiger partial charge in [-0.15, -0.1) is 0 Å². The number of rotatable bonds is 3. The minimum absolute atomic E-state index is 0.0982. The summed E-state index contributed by atoms with van der Waals surface area (Å²) in [6.07, 6.45) is 6.51. The Morgan fingerprint density at radius 1 is 1.22 bits per heavy atom. The number of likely N-dealkylation sites (tertiary alicyclic amines) is 1. The smallest absolute Gasteiger partial charge is 0.246 e. The van der Waals surface area contributed by atoms with Crippen LogP contribution in [0, 0.1) is 11.8 Å². The summed E-state index contributed by atoms with van der Waals surface area (Å²) in [5, 5.41) is 1.07. The van der Waals surface area contributed by atoms with E-state index in [0.29, 0.717) is 11.8 Å². The van der Waals surface area contributed by atoms with Gasteiger partial charge in [-0.3, -0.25) is 9.78 Å². The largest absolute Gasteiger partial charge is 0.381 e. The number of para-hydroxylation sites is 1. The predicted octanol–water partition coefficient (Wildman–Crippen LogP) is 2.74.